The van der Waals surface area contributed by atoms with Gasteiger partial charge in [-0.05, 0) is 48.6 Å². The highest BCUT2D eigenvalue weighted by Crippen LogP contribution is 2.32. The van der Waals surface area contributed by atoms with E-state index in [1.807, 2.05) is 18.2 Å². The van der Waals surface area contributed by atoms with E-state index in [0.717, 1.165) is 37.0 Å². The number of hydrogen-bond donors (Lipinski definition) is 1. The molecule has 0 bridgehead atoms. The molecule has 1 aliphatic heterocycles. The molecule has 4 nitrogen and oxygen atoms in total. The number of halogens is 3. The van der Waals surface area contributed by atoms with E-state index in [4.69, 9.17) is 16.3 Å². The largest absolute Gasteiger partial charge is 0.491 e. The summed E-state index contributed by atoms with van der Waals surface area (Å²) in [7, 11) is 0. The average Bonchev–Trinajstić information content (AvgIpc) is 2.69. The number of benzene rings is 2. The molecule has 0 aromatic heterocycles. The Kier molecular flexibility index (Phi) is 11.1. The van der Waals surface area contributed by atoms with Crippen LogP contribution in [0, 0.1) is 13.8 Å². The molecular weight excluding hydrogens is 467 g/mol. The fraction of sp³-hybridized carbons (Fsp3) is 0.520. The van der Waals surface area contributed by atoms with E-state index in [9.17, 15) is 5.11 Å². The second-order valence-corrected chi connectivity index (χ2v) is 9.87. The maximum Gasteiger partial charge on any atom is 0.123 e. The molecule has 0 saturated carbocycles. The maximum atomic E-state index is 10.6. The molecule has 1 saturated heterocycles. The summed E-state index contributed by atoms with van der Waals surface area (Å²) in [5.41, 5.74) is 4.86. The lowest BCUT2D eigenvalue weighted by atomic mass is 9.85. The summed E-state index contributed by atoms with van der Waals surface area (Å²) < 4.78 is 6.04. The molecule has 2 aromatic rings. The monoisotopic (exact) mass is 502 g/mol. The number of piperazine rings is 1. The SMILES string of the molecule is Cc1ccc(OCC(O)CN2CCN(c3cc(Cl)ccc3C)CC2)c(C(C)(C)C)c1.Cl.Cl. The first-order valence-electron chi connectivity index (χ1n) is 10.8. The number of aliphatic hydroxyl groups excluding tert-OH is 1. The van der Waals surface area contributed by atoms with Crippen LogP contribution in [0.1, 0.15) is 37.5 Å². The van der Waals surface area contributed by atoms with Gasteiger partial charge in [-0.2, -0.15) is 0 Å². The Labute approximate surface area is 210 Å². The number of aliphatic hydroxyl groups is 1. The zero-order valence-electron chi connectivity index (χ0n) is 19.7. The molecule has 7 heteroatoms. The molecular formula is C25H37Cl3N2O2. The molecule has 0 spiro atoms. The molecule has 0 amide bonds. The molecule has 1 atom stereocenters. The van der Waals surface area contributed by atoms with Crippen LogP contribution in [0.3, 0.4) is 0 Å². The van der Waals surface area contributed by atoms with Crippen molar-refractivity contribution in [3.8, 4) is 5.75 Å². The zero-order chi connectivity index (χ0) is 21.9. The van der Waals surface area contributed by atoms with Gasteiger partial charge in [-0.15, -0.1) is 24.8 Å². The van der Waals surface area contributed by atoms with Crippen LogP contribution in [0.25, 0.3) is 0 Å². The van der Waals surface area contributed by atoms with E-state index in [1.165, 1.54) is 22.4 Å². The van der Waals surface area contributed by atoms with Gasteiger partial charge in [0.15, 0.2) is 0 Å². The normalized spacial score (nSPS) is 15.5. The van der Waals surface area contributed by atoms with E-state index in [0.29, 0.717) is 13.2 Å². The van der Waals surface area contributed by atoms with Gasteiger partial charge < -0.3 is 14.7 Å². The molecule has 0 radical (unpaired) electrons. The number of nitrogens with zero attached hydrogens (tertiary/aromatic N) is 2. The topological polar surface area (TPSA) is 35.9 Å². The van der Waals surface area contributed by atoms with E-state index in [2.05, 4.69) is 62.6 Å². The van der Waals surface area contributed by atoms with Crippen molar-refractivity contribution < 1.29 is 9.84 Å². The number of β-amino-alcohol motifs (C(OH)–C–C–N with tert-alkyl or cyclic N) is 1. The molecule has 32 heavy (non-hydrogen) atoms. The third-order valence-electron chi connectivity index (χ3n) is 5.73. The molecule has 3 rings (SSSR count). The number of anilines is 1. The lowest BCUT2D eigenvalue weighted by Crippen LogP contribution is -2.49. The van der Waals surface area contributed by atoms with Crippen LogP contribution in [-0.4, -0.2) is 55.4 Å². The second kappa shape index (κ2) is 12.3. The summed E-state index contributed by atoms with van der Waals surface area (Å²) in [6.07, 6.45) is -0.515. The summed E-state index contributed by atoms with van der Waals surface area (Å²) in [6, 6.07) is 12.3. The van der Waals surface area contributed by atoms with Crippen LogP contribution in [-0.2, 0) is 5.41 Å². The maximum absolute atomic E-state index is 10.6. The number of hydrogen-bond acceptors (Lipinski definition) is 4. The molecule has 0 aliphatic carbocycles. The van der Waals surface area contributed by atoms with Gasteiger partial charge in [0, 0.05) is 43.4 Å². The minimum absolute atomic E-state index is 0. The van der Waals surface area contributed by atoms with Crippen LogP contribution in [0.15, 0.2) is 36.4 Å². The number of aryl methyl sites for hydroxylation is 2. The average molecular weight is 504 g/mol. The van der Waals surface area contributed by atoms with Gasteiger partial charge in [0.05, 0.1) is 0 Å². The Morgan fingerprint density at radius 1 is 1.00 bits per heavy atom. The highest BCUT2D eigenvalue weighted by Gasteiger charge is 2.22. The third kappa shape index (κ3) is 7.71. The lowest BCUT2D eigenvalue weighted by molar-refractivity contribution is 0.0656. The molecule has 2 aromatic carbocycles. The minimum Gasteiger partial charge on any atom is -0.491 e. The highest BCUT2D eigenvalue weighted by atomic mass is 35.5. The third-order valence-corrected chi connectivity index (χ3v) is 5.96. The van der Waals surface area contributed by atoms with Crippen molar-refractivity contribution in [3.05, 3.63) is 58.1 Å². The standard InChI is InChI=1S/C25H35ClN2O2.2ClH/c1-18-6-9-24(22(14-18)25(3,4)5)30-17-21(29)16-27-10-12-28(13-11-27)23-15-20(26)8-7-19(23)2;;/h6-9,14-15,21,29H,10-13,16-17H2,1-5H3;2*1H. The Bertz CT molecular complexity index is 863. The predicted molar refractivity (Wildman–Crippen MR) is 141 cm³/mol. The minimum atomic E-state index is -0.515. The molecule has 1 heterocycles. The van der Waals surface area contributed by atoms with Crippen LogP contribution in [0.5, 0.6) is 5.75 Å². The van der Waals surface area contributed by atoms with Gasteiger partial charge >= 0.3 is 0 Å². The Morgan fingerprint density at radius 3 is 2.28 bits per heavy atom. The van der Waals surface area contributed by atoms with Gasteiger partial charge in [0.2, 0.25) is 0 Å². The van der Waals surface area contributed by atoms with E-state index in [1.54, 1.807) is 0 Å². The molecule has 1 fully saturated rings. The van der Waals surface area contributed by atoms with Crippen molar-refractivity contribution in [1.29, 1.82) is 0 Å². The Hall–Kier alpha value is -1.17. The van der Waals surface area contributed by atoms with Gasteiger partial charge in [-0.25, -0.2) is 0 Å². The van der Waals surface area contributed by atoms with Gasteiger partial charge in [0.1, 0.15) is 18.5 Å². The summed E-state index contributed by atoms with van der Waals surface area (Å²) in [5, 5.41) is 11.4. The highest BCUT2D eigenvalue weighted by molar-refractivity contribution is 6.30. The summed E-state index contributed by atoms with van der Waals surface area (Å²) in [6.45, 7) is 15.4. The second-order valence-electron chi connectivity index (χ2n) is 9.43. The van der Waals surface area contributed by atoms with Crippen LogP contribution in [0.4, 0.5) is 5.69 Å². The zero-order valence-corrected chi connectivity index (χ0v) is 22.1. The fourth-order valence-corrected chi connectivity index (χ4v) is 4.15. The number of rotatable bonds is 6. The van der Waals surface area contributed by atoms with E-state index < -0.39 is 6.10 Å². The fourth-order valence-electron chi connectivity index (χ4n) is 3.99. The van der Waals surface area contributed by atoms with Crippen LogP contribution < -0.4 is 9.64 Å². The van der Waals surface area contributed by atoms with Crippen LogP contribution in [0.2, 0.25) is 5.02 Å². The first-order chi connectivity index (χ1) is 14.1. The van der Waals surface area contributed by atoms with Gasteiger partial charge in [-0.3, -0.25) is 4.90 Å². The Balaban J connectivity index is 0.00000256. The van der Waals surface area contributed by atoms with Crippen molar-refractivity contribution in [3.63, 3.8) is 0 Å². The molecule has 1 unspecified atom stereocenters. The first-order valence-corrected chi connectivity index (χ1v) is 11.2. The van der Waals surface area contributed by atoms with Crippen LogP contribution >= 0.6 is 36.4 Å². The summed E-state index contributed by atoms with van der Waals surface area (Å²) in [5.74, 6) is 0.869. The van der Waals surface area contributed by atoms with E-state index >= 15 is 0 Å². The molecule has 180 valence electrons. The van der Waals surface area contributed by atoms with E-state index in [-0.39, 0.29) is 30.2 Å². The van der Waals surface area contributed by atoms with Crippen molar-refractivity contribution in [1.82, 2.24) is 4.90 Å². The molecule has 1 N–H and O–H groups in total. The summed E-state index contributed by atoms with van der Waals surface area (Å²) >= 11 is 6.18. The van der Waals surface area contributed by atoms with Crippen molar-refractivity contribution in [2.45, 2.75) is 46.1 Å². The first kappa shape index (κ1) is 28.9. The predicted octanol–water partition coefficient (Wildman–Crippen LogP) is 5.66. The smallest absolute Gasteiger partial charge is 0.123 e. The molecule has 1 aliphatic rings. The number of ether oxygens (including phenoxy) is 1. The lowest BCUT2D eigenvalue weighted by Gasteiger charge is -2.37. The van der Waals surface area contributed by atoms with Gasteiger partial charge in [-0.1, -0.05) is 56.1 Å². The van der Waals surface area contributed by atoms with Crippen molar-refractivity contribution >= 4 is 42.1 Å². The Morgan fingerprint density at radius 2 is 1.66 bits per heavy atom. The van der Waals surface area contributed by atoms with Crippen molar-refractivity contribution in [2.24, 2.45) is 0 Å². The summed E-state index contributed by atoms with van der Waals surface area (Å²) in [4.78, 5) is 4.69. The van der Waals surface area contributed by atoms with Crippen molar-refractivity contribution in [2.75, 3.05) is 44.2 Å². The van der Waals surface area contributed by atoms with Gasteiger partial charge in [0.25, 0.3) is 0 Å². The quantitative estimate of drug-likeness (QED) is 0.552.